The van der Waals surface area contributed by atoms with Gasteiger partial charge in [0.2, 0.25) is 0 Å². The Hall–Kier alpha value is -3.26. The van der Waals surface area contributed by atoms with Crippen molar-refractivity contribution in [2.24, 2.45) is 0 Å². The van der Waals surface area contributed by atoms with Crippen molar-refractivity contribution in [3.05, 3.63) is 47.7 Å². The van der Waals surface area contributed by atoms with E-state index in [1.54, 1.807) is 6.92 Å². The van der Waals surface area contributed by atoms with Crippen molar-refractivity contribution in [3.8, 4) is 0 Å². The molecule has 0 spiro atoms. The van der Waals surface area contributed by atoms with Gasteiger partial charge in [0.15, 0.2) is 11.6 Å². The lowest BCUT2D eigenvalue weighted by molar-refractivity contribution is -0.115. The molecule has 0 aliphatic carbocycles. The van der Waals surface area contributed by atoms with E-state index >= 15 is 4.39 Å². The van der Waals surface area contributed by atoms with Gasteiger partial charge >= 0.3 is 16.4 Å². The van der Waals surface area contributed by atoms with Gasteiger partial charge in [-0.2, -0.15) is 25.9 Å². The van der Waals surface area contributed by atoms with Crippen molar-refractivity contribution in [1.82, 2.24) is 19.3 Å². The minimum Gasteiger partial charge on any atom is -0.360 e. The quantitative estimate of drug-likeness (QED) is 0.341. The van der Waals surface area contributed by atoms with Crippen LogP contribution in [0.3, 0.4) is 0 Å². The van der Waals surface area contributed by atoms with Crippen molar-refractivity contribution >= 4 is 38.5 Å². The largest absolute Gasteiger partial charge is 0.405 e. The molecule has 0 saturated carbocycles. The monoisotopic (exact) mass is 474 g/mol. The Kier molecular flexibility index (Phi) is 6.37. The van der Waals surface area contributed by atoms with Gasteiger partial charge in [-0.05, 0) is 12.1 Å². The summed E-state index contributed by atoms with van der Waals surface area (Å²) in [6.45, 7) is 0.298. The number of rotatable bonds is 8. The summed E-state index contributed by atoms with van der Waals surface area (Å²) in [5.74, 6) is -2.30. The maximum absolute atomic E-state index is 15.0. The normalized spacial score (nSPS) is 12.3. The van der Waals surface area contributed by atoms with Crippen LogP contribution in [0.5, 0.6) is 0 Å². The molecule has 3 rings (SSSR count). The summed E-state index contributed by atoms with van der Waals surface area (Å²) in [5, 5.41) is 2.04. The molecule has 9 nitrogen and oxygen atoms in total. The number of nitrogens with one attached hydrogen (secondary N) is 3. The number of ketones is 1. The van der Waals surface area contributed by atoms with Crippen LogP contribution in [0.4, 0.5) is 29.1 Å². The zero-order valence-electron chi connectivity index (χ0n) is 16.8. The van der Waals surface area contributed by atoms with Crippen molar-refractivity contribution < 1.29 is 30.8 Å². The summed E-state index contributed by atoms with van der Waals surface area (Å²) >= 11 is 0. The Morgan fingerprint density at radius 2 is 1.94 bits per heavy atom. The molecule has 3 N–H and O–H groups in total. The maximum atomic E-state index is 15.0. The first-order valence-electron chi connectivity index (χ1n) is 9.14. The minimum absolute atomic E-state index is 0.0575. The number of aromatic amines is 1. The molecule has 1 aromatic carbocycles. The molecule has 0 saturated heterocycles. The van der Waals surface area contributed by atoms with Gasteiger partial charge in [0.25, 0.3) is 0 Å². The zero-order chi connectivity index (χ0) is 23.7. The van der Waals surface area contributed by atoms with Gasteiger partial charge in [-0.3, -0.25) is 9.52 Å². The van der Waals surface area contributed by atoms with Crippen LogP contribution >= 0.6 is 0 Å². The highest BCUT2D eigenvalue weighted by atomic mass is 32.2. The van der Waals surface area contributed by atoms with E-state index in [4.69, 9.17) is 0 Å². The van der Waals surface area contributed by atoms with E-state index in [2.05, 4.69) is 25.0 Å². The number of hydrogen-bond acceptors (Lipinski definition) is 6. The number of carbonyl (C=O) groups is 1. The van der Waals surface area contributed by atoms with E-state index < -0.39 is 45.8 Å². The van der Waals surface area contributed by atoms with Crippen molar-refractivity contribution in [2.75, 3.05) is 30.2 Å². The fraction of sp³-hybridized carbons (Fsp3) is 0.278. The van der Waals surface area contributed by atoms with Crippen molar-refractivity contribution in [1.29, 1.82) is 0 Å². The Morgan fingerprint density at radius 1 is 1.22 bits per heavy atom. The molecule has 0 amide bonds. The Morgan fingerprint density at radius 3 is 2.59 bits per heavy atom. The zero-order valence-corrected chi connectivity index (χ0v) is 17.6. The van der Waals surface area contributed by atoms with Gasteiger partial charge in [0, 0.05) is 19.8 Å². The fourth-order valence-electron chi connectivity index (χ4n) is 2.78. The third-order valence-electron chi connectivity index (χ3n) is 4.51. The number of alkyl halides is 3. The van der Waals surface area contributed by atoms with Crippen LogP contribution in [0.25, 0.3) is 11.0 Å². The topological polar surface area (TPSA) is 120 Å². The van der Waals surface area contributed by atoms with Gasteiger partial charge in [-0.25, -0.2) is 14.4 Å². The van der Waals surface area contributed by atoms with Gasteiger partial charge < -0.3 is 10.3 Å². The summed E-state index contributed by atoms with van der Waals surface area (Å²) in [6, 6.07) is 3.54. The fourth-order valence-corrected chi connectivity index (χ4v) is 3.71. The molecule has 172 valence electrons. The molecule has 32 heavy (non-hydrogen) atoms. The second kappa shape index (κ2) is 8.70. The lowest BCUT2D eigenvalue weighted by Crippen LogP contribution is -2.32. The first-order valence-corrected chi connectivity index (χ1v) is 10.6. The summed E-state index contributed by atoms with van der Waals surface area (Å²) in [6.07, 6.45) is -2.37. The number of anilines is 2. The van der Waals surface area contributed by atoms with Crippen LogP contribution < -0.4 is 10.0 Å². The van der Waals surface area contributed by atoms with Crippen LogP contribution in [0.1, 0.15) is 22.8 Å². The van der Waals surface area contributed by atoms with Gasteiger partial charge in [-0.15, -0.1) is 0 Å². The van der Waals surface area contributed by atoms with Gasteiger partial charge in [0.1, 0.15) is 24.3 Å². The summed E-state index contributed by atoms with van der Waals surface area (Å²) < 4.78 is 80.3. The van der Waals surface area contributed by atoms with Crippen molar-refractivity contribution in [2.45, 2.75) is 13.1 Å². The molecule has 0 radical (unpaired) electrons. The third kappa shape index (κ3) is 4.80. The Labute approximate surface area is 180 Å². The van der Waals surface area contributed by atoms with Crippen molar-refractivity contribution in [3.63, 3.8) is 0 Å². The molecular formula is C18H18F4N6O3S. The highest BCUT2D eigenvalue weighted by Crippen LogP contribution is 2.29. The molecule has 2 heterocycles. The predicted molar refractivity (Wildman–Crippen MR) is 109 cm³/mol. The summed E-state index contributed by atoms with van der Waals surface area (Å²) in [7, 11) is -2.77. The number of halogens is 4. The number of aromatic nitrogens is 3. The smallest absolute Gasteiger partial charge is 0.360 e. The average Bonchev–Trinajstić information content (AvgIpc) is 3.16. The number of benzene rings is 1. The molecule has 0 aliphatic heterocycles. The number of H-pyrrole nitrogens is 1. The average molecular weight is 474 g/mol. The van der Waals surface area contributed by atoms with E-state index in [1.165, 1.54) is 19.3 Å². The van der Waals surface area contributed by atoms with Crippen LogP contribution in [0.15, 0.2) is 30.7 Å². The van der Waals surface area contributed by atoms with Crippen LogP contribution in [0.2, 0.25) is 0 Å². The number of hydrogen-bond donors (Lipinski definition) is 3. The highest BCUT2D eigenvalue weighted by Gasteiger charge is 2.29. The lowest BCUT2D eigenvalue weighted by atomic mass is 10.0. The Bertz CT molecular complexity index is 1260. The SMILES string of the molecule is CCN(C)S(=O)(=O)Nc1cccc(C(=O)c2c[nH]c3ncnc(NCC(F)(F)F)c23)c1F. The first kappa shape index (κ1) is 23.4. The molecular weight excluding hydrogens is 456 g/mol. The molecule has 0 atom stereocenters. The molecule has 2 aromatic heterocycles. The number of carbonyl (C=O) groups excluding carboxylic acids is 1. The van der Waals surface area contributed by atoms with Gasteiger partial charge in [-0.1, -0.05) is 13.0 Å². The molecule has 0 fully saturated rings. The number of nitrogens with zero attached hydrogens (tertiary/aromatic N) is 3. The van der Waals surface area contributed by atoms with E-state index in [0.29, 0.717) is 0 Å². The van der Waals surface area contributed by atoms with Crippen LogP contribution in [-0.4, -0.2) is 59.8 Å². The highest BCUT2D eigenvalue weighted by molar-refractivity contribution is 7.90. The first-order chi connectivity index (χ1) is 14.9. The predicted octanol–water partition coefficient (Wildman–Crippen LogP) is 2.91. The number of fused-ring (bicyclic) bond motifs is 1. The van der Waals surface area contributed by atoms with Crippen LogP contribution in [0, 0.1) is 5.82 Å². The minimum atomic E-state index is -4.54. The second-order valence-corrected chi connectivity index (χ2v) is 8.41. The maximum Gasteiger partial charge on any atom is 0.405 e. The summed E-state index contributed by atoms with van der Waals surface area (Å²) in [5.41, 5.74) is -1.07. The molecule has 3 aromatic rings. The lowest BCUT2D eigenvalue weighted by Gasteiger charge is -2.17. The van der Waals surface area contributed by atoms with E-state index in [1.807, 2.05) is 0 Å². The molecule has 0 bridgehead atoms. The molecule has 0 unspecified atom stereocenters. The molecule has 0 aliphatic rings. The Balaban J connectivity index is 2.02. The third-order valence-corrected chi connectivity index (χ3v) is 6.07. The van der Waals surface area contributed by atoms with Crippen LogP contribution in [-0.2, 0) is 10.2 Å². The summed E-state index contributed by atoms with van der Waals surface area (Å²) in [4.78, 5) is 23.3. The van der Waals surface area contributed by atoms with E-state index in [0.717, 1.165) is 22.8 Å². The second-order valence-electron chi connectivity index (χ2n) is 6.63. The van der Waals surface area contributed by atoms with Gasteiger partial charge in [0.05, 0.1) is 22.2 Å². The molecule has 14 heteroatoms. The van der Waals surface area contributed by atoms with E-state index in [9.17, 15) is 26.4 Å². The van der Waals surface area contributed by atoms with E-state index in [-0.39, 0.29) is 29.0 Å². The standard InChI is InChI=1S/C18H18F4N6O3S/c1-3-28(2)32(30,31)27-12-6-4-5-10(14(12)19)15(29)11-7-23-16-13(11)17(26-9-25-16)24-8-18(20,21)22/h4-7,9,27H,3,8H2,1-2H3,(H2,23,24,25,26).